The molecule has 1 heterocycles. The van der Waals surface area contributed by atoms with E-state index in [1.165, 1.54) is 6.20 Å². The van der Waals surface area contributed by atoms with Gasteiger partial charge in [-0.1, -0.05) is 50.3 Å². The molecule has 0 aromatic carbocycles. The molecule has 1 atom stereocenters. The monoisotopic (exact) mass is 440 g/mol. The standard InChI is InChI=1S/C26H37ClN4/c1-8-10-12-20(4)25(22(6)27)18-31(13-11-9-2)23(7)24-14-21(5)26(30-17-24)29-16-19(3)15-28/h10-17,23H,6,8-9,18,28H2,1-5,7H3/b12-10-,13-11-,19-15?,25-20-,29-16?. The first kappa shape index (κ1) is 26.4. The predicted molar refractivity (Wildman–Crippen MR) is 137 cm³/mol. The van der Waals surface area contributed by atoms with Crippen molar-refractivity contribution in [3.63, 3.8) is 0 Å². The zero-order valence-electron chi connectivity index (χ0n) is 19.8. The Hall–Kier alpha value is -2.59. The molecule has 0 amide bonds. The molecule has 1 unspecified atom stereocenters. The summed E-state index contributed by atoms with van der Waals surface area (Å²) >= 11 is 6.39. The molecule has 0 saturated carbocycles. The van der Waals surface area contributed by atoms with Gasteiger partial charge in [-0.05, 0) is 86.8 Å². The second-order valence-corrected chi connectivity index (χ2v) is 8.05. The number of nitrogens with two attached hydrogens (primary N) is 1. The van der Waals surface area contributed by atoms with Gasteiger partial charge in [0.05, 0.1) is 6.04 Å². The van der Waals surface area contributed by atoms with Crippen LogP contribution in [0.4, 0.5) is 5.82 Å². The number of aliphatic imine (C=N–C) groups is 1. The van der Waals surface area contributed by atoms with Gasteiger partial charge in [-0.25, -0.2) is 9.98 Å². The zero-order chi connectivity index (χ0) is 23.4. The van der Waals surface area contributed by atoms with Gasteiger partial charge < -0.3 is 10.6 Å². The number of allylic oxidation sites excluding steroid dienone is 5. The fourth-order valence-corrected chi connectivity index (χ4v) is 3.12. The number of rotatable bonds is 11. The smallest absolute Gasteiger partial charge is 0.154 e. The molecule has 0 aliphatic carbocycles. The molecule has 0 saturated heterocycles. The number of halogens is 1. The Morgan fingerprint density at radius 1 is 1.29 bits per heavy atom. The van der Waals surface area contributed by atoms with E-state index in [4.69, 9.17) is 17.3 Å². The van der Waals surface area contributed by atoms with E-state index in [1.54, 1.807) is 6.21 Å². The summed E-state index contributed by atoms with van der Waals surface area (Å²) in [6, 6.07) is 2.24. The Balaban J connectivity index is 3.26. The Labute approximate surface area is 193 Å². The van der Waals surface area contributed by atoms with Gasteiger partial charge in [0.15, 0.2) is 5.82 Å². The van der Waals surface area contributed by atoms with Gasteiger partial charge in [0.25, 0.3) is 0 Å². The Morgan fingerprint density at radius 2 is 1.97 bits per heavy atom. The summed E-state index contributed by atoms with van der Waals surface area (Å²) in [6.07, 6.45) is 15.6. The minimum atomic E-state index is 0.103. The quantitative estimate of drug-likeness (QED) is 0.290. The third-order valence-electron chi connectivity index (χ3n) is 4.99. The van der Waals surface area contributed by atoms with Crippen LogP contribution in [0.1, 0.15) is 64.6 Å². The van der Waals surface area contributed by atoms with Crippen LogP contribution in [0.15, 0.2) is 76.2 Å². The highest BCUT2D eigenvalue weighted by Gasteiger charge is 2.17. The van der Waals surface area contributed by atoms with Gasteiger partial charge in [-0.15, -0.1) is 0 Å². The van der Waals surface area contributed by atoms with E-state index < -0.39 is 0 Å². The zero-order valence-corrected chi connectivity index (χ0v) is 20.6. The van der Waals surface area contributed by atoms with Crippen molar-refractivity contribution in [1.29, 1.82) is 0 Å². The van der Waals surface area contributed by atoms with Crippen molar-refractivity contribution in [2.24, 2.45) is 10.7 Å². The molecule has 2 N–H and O–H groups in total. The van der Waals surface area contributed by atoms with E-state index in [0.717, 1.165) is 40.7 Å². The van der Waals surface area contributed by atoms with E-state index in [0.29, 0.717) is 17.4 Å². The van der Waals surface area contributed by atoms with Crippen molar-refractivity contribution >= 4 is 23.6 Å². The van der Waals surface area contributed by atoms with E-state index in [1.807, 2.05) is 20.0 Å². The Bertz CT molecular complexity index is 891. The van der Waals surface area contributed by atoms with Crippen LogP contribution in [0.2, 0.25) is 0 Å². The number of hydrogen-bond acceptors (Lipinski definition) is 4. The number of hydrogen-bond donors (Lipinski definition) is 1. The van der Waals surface area contributed by atoms with Crippen LogP contribution in [0.3, 0.4) is 0 Å². The average molecular weight is 441 g/mol. The second-order valence-electron chi connectivity index (χ2n) is 7.60. The Kier molecular flexibility index (Phi) is 11.7. The molecule has 4 nitrogen and oxygen atoms in total. The van der Waals surface area contributed by atoms with Crippen molar-refractivity contribution in [1.82, 2.24) is 9.88 Å². The molecular weight excluding hydrogens is 404 g/mol. The molecule has 0 fully saturated rings. The van der Waals surface area contributed by atoms with Crippen molar-refractivity contribution in [2.45, 2.75) is 60.4 Å². The third kappa shape index (κ3) is 8.58. The molecule has 1 aromatic heterocycles. The molecule has 31 heavy (non-hydrogen) atoms. The first-order chi connectivity index (χ1) is 14.7. The van der Waals surface area contributed by atoms with Gasteiger partial charge in [0.1, 0.15) is 0 Å². The molecule has 0 aliphatic rings. The Morgan fingerprint density at radius 3 is 2.52 bits per heavy atom. The summed E-state index contributed by atoms with van der Waals surface area (Å²) in [5.74, 6) is 0.697. The van der Waals surface area contributed by atoms with Crippen LogP contribution in [0.25, 0.3) is 0 Å². The number of nitrogens with zero attached hydrogens (tertiary/aromatic N) is 3. The largest absolute Gasteiger partial charge is 0.404 e. The minimum absolute atomic E-state index is 0.103. The van der Waals surface area contributed by atoms with Crippen molar-refractivity contribution in [3.8, 4) is 0 Å². The molecule has 168 valence electrons. The summed E-state index contributed by atoms with van der Waals surface area (Å²) in [4.78, 5) is 11.3. The van der Waals surface area contributed by atoms with Crippen LogP contribution in [-0.4, -0.2) is 22.6 Å². The van der Waals surface area contributed by atoms with E-state index >= 15 is 0 Å². The van der Waals surface area contributed by atoms with Gasteiger partial charge in [0.2, 0.25) is 0 Å². The predicted octanol–water partition coefficient (Wildman–Crippen LogP) is 7.28. The van der Waals surface area contributed by atoms with E-state index in [-0.39, 0.29) is 6.04 Å². The first-order valence-electron chi connectivity index (χ1n) is 10.8. The first-order valence-corrected chi connectivity index (χ1v) is 11.1. The van der Waals surface area contributed by atoms with Crippen molar-refractivity contribution in [2.75, 3.05) is 6.54 Å². The van der Waals surface area contributed by atoms with Gasteiger partial charge in [0, 0.05) is 24.0 Å². The maximum absolute atomic E-state index is 6.39. The molecule has 5 heteroatoms. The summed E-state index contributed by atoms with van der Waals surface area (Å²) in [7, 11) is 0. The normalized spacial score (nSPS) is 14.5. The fraction of sp³-hybridized carbons (Fsp3) is 0.385. The average Bonchev–Trinajstić information content (AvgIpc) is 2.75. The lowest BCUT2D eigenvalue weighted by Gasteiger charge is -2.30. The van der Waals surface area contributed by atoms with Crippen LogP contribution in [0.5, 0.6) is 0 Å². The lowest BCUT2D eigenvalue weighted by Crippen LogP contribution is -2.24. The highest BCUT2D eigenvalue weighted by Crippen LogP contribution is 2.28. The minimum Gasteiger partial charge on any atom is -0.404 e. The second kappa shape index (κ2) is 13.7. The number of aromatic nitrogens is 1. The van der Waals surface area contributed by atoms with E-state index in [9.17, 15) is 0 Å². The molecule has 0 bridgehead atoms. The molecule has 0 aliphatic heterocycles. The van der Waals surface area contributed by atoms with Crippen molar-refractivity contribution < 1.29 is 0 Å². The van der Waals surface area contributed by atoms with E-state index in [2.05, 4.69) is 79.6 Å². The summed E-state index contributed by atoms with van der Waals surface area (Å²) in [5, 5.41) is 0.572. The maximum Gasteiger partial charge on any atom is 0.154 e. The molecule has 1 aromatic rings. The van der Waals surface area contributed by atoms with Crippen molar-refractivity contribution in [3.05, 3.63) is 82.3 Å². The fourth-order valence-electron chi connectivity index (χ4n) is 2.91. The van der Waals surface area contributed by atoms with Crippen LogP contribution < -0.4 is 5.73 Å². The molecular formula is C26H37ClN4. The van der Waals surface area contributed by atoms with Crippen LogP contribution in [0, 0.1) is 6.92 Å². The summed E-state index contributed by atoms with van der Waals surface area (Å²) < 4.78 is 0. The van der Waals surface area contributed by atoms with Gasteiger partial charge >= 0.3 is 0 Å². The highest BCUT2D eigenvalue weighted by atomic mass is 35.5. The molecule has 1 rings (SSSR count). The summed E-state index contributed by atoms with van der Waals surface area (Å²) in [5.41, 5.74) is 10.7. The molecule has 0 radical (unpaired) electrons. The molecule has 0 spiro atoms. The third-order valence-corrected chi connectivity index (χ3v) is 5.21. The topological polar surface area (TPSA) is 54.5 Å². The number of aryl methyl sites for hydroxylation is 1. The number of pyridine rings is 1. The maximum atomic E-state index is 6.39. The SMILES string of the molecule is C=C(Cl)/C(CN(/C=C\CC)C(C)c1cnc(N=CC(C)=CN)c(C)c1)=C(C)\C=C/CC. The van der Waals surface area contributed by atoms with Crippen LogP contribution >= 0.6 is 11.6 Å². The lowest BCUT2D eigenvalue weighted by molar-refractivity contribution is 0.321. The summed E-state index contributed by atoms with van der Waals surface area (Å²) in [6.45, 7) is 17.1. The van der Waals surface area contributed by atoms with Gasteiger partial charge in [-0.2, -0.15) is 0 Å². The van der Waals surface area contributed by atoms with Crippen LogP contribution in [-0.2, 0) is 0 Å². The van der Waals surface area contributed by atoms with Gasteiger partial charge in [-0.3, -0.25) is 0 Å². The highest BCUT2D eigenvalue weighted by molar-refractivity contribution is 6.31. The lowest BCUT2D eigenvalue weighted by atomic mass is 10.0.